The molecule has 1 N–H and O–H groups in total. The first-order valence-electron chi connectivity index (χ1n) is 12.5. The van der Waals surface area contributed by atoms with Crippen LogP contribution in [0.4, 0.5) is 0 Å². The quantitative estimate of drug-likeness (QED) is 0.418. The van der Waals surface area contributed by atoms with Crippen LogP contribution in [0.15, 0.2) is 48.5 Å². The number of likely N-dealkylation sites (tertiary alicyclic amines) is 1. The fraction of sp³-hybridized carbons (Fsp3) is 0.429. The van der Waals surface area contributed by atoms with E-state index >= 15 is 0 Å². The first kappa shape index (κ1) is 25.6. The zero-order chi connectivity index (χ0) is 25.5. The number of carbonyl (C=O) groups excluding carboxylic acids is 1. The van der Waals surface area contributed by atoms with Crippen molar-refractivity contribution in [2.24, 2.45) is 0 Å². The van der Waals surface area contributed by atoms with E-state index in [2.05, 4.69) is 17.1 Å². The molecule has 2 aromatic carbocycles. The topological polar surface area (TPSA) is 77.8 Å². The zero-order valence-electron chi connectivity index (χ0n) is 21.6. The van der Waals surface area contributed by atoms with Crippen molar-refractivity contribution in [1.82, 2.24) is 20.0 Å². The first-order chi connectivity index (χ1) is 17.5. The van der Waals surface area contributed by atoms with Crippen molar-refractivity contribution in [3.8, 4) is 34.2 Å². The molecule has 0 spiro atoms. The molecule has 0 aliphatic carbocycles. The lowest BCUT2D eigenvalue weighted by Gasteiger charge is -2.33. The summed E-state index contributed by atoms with van der Waals surface area (Å²) >= 11 is 0. The summed E-state index contributed by atoms with van der Waals surface area (Å²) in [7, 11) is 4.84. The van der Waals surface area contributed by atoms with Gasteiger partial charge in [0.05, 0.1) is 32.7 Å². The standard InChI is InChI=1S/C28H36N4O4/c1-20-8-5-6-16-31(20)17-7-15-29-28(33)26-19-25(24-14-13-23(35-3)18-27(24)36-4)30-32(26)21-9-11-22(34-2)12-10-21/h9-14,18-20H,5-8,15-17H2,1-4H3,(H,29,33). The second-order valence-electron chi connectivity index (χ2n) is 9.08. The smallest absolute Gasteiger partial charge is 0.270 e. The Morgan fingerprint density at radius 3 is 2.44 bits per heavy atom. The Morgan fingerprint density at radius 1 is 1.00 bits per heavy atom. The average Bonchev–Trinajstić information content (AvgIpc) is 3.37. The lowest BCUT2D eigenvalue weighted by atomic mass is 10.0. The van der Waals surface area contributed by atoms with E-state index in [9.17, 15) is 4.79 Å². The number of hydrogen-bond acceptors (Lipinski definition) is 6. The summed E-state index contributed by atoms with van der Waals surface area (Å²) in [6.45, 7) is 5.04. The molecule has 0 bridgehead atoms. The van der Waals surface area contributed by atoms with Crippen LogP contribution in [0.25, 0.3) is 16.9 Å². The normalized spacial score (nSPS) is 15.9. The third-order valence-electron chi connectivity index (χ3n) is 6.79. The fourth-order valence-corrected chi connectivity index (χ4v) is 4.67. The van der Waals surface area contributed by atoms with Gasteiger partial charge in [0.25, 0.3) is 5.91 Å². The van der Waals surface area contributed by atoms with Gasteiger partial charge in [0.2, 0.25) is 0 Å². The highest BCUT2D eigenvalue weighted by atomic mass is 16.5. The number of methoxy groups -OCH3 is 3. The number of nitrogens with zero attached hydrogens (tertiary/aromatic N) is 3. The number of ether oxygens (including phenoxy) is 3. The summed E-state index contributed by atoms with van der Waals surface area (Å²) in [5, 5.41) is 7.88. The van der Waals surface area contributed by atoms with Gasteiger partial charge in [0, 0.05) is 30.8 Å². The molecule has 1 saturated heterocycles. The third-order valence-corrected chi connectivity index (χ3v) is 6.79. The van der Waals surface area contributed by atoms with Crippen molar-refractivity contribution in [1.29, 1.82) is 0 Å². The summed E-state index contributed by atoms with van der Waals surface area (Å²) in [5.74, 6) is 1.88. The Bertz CT molecular complexity index is 1160. The van der Waals surface area contributed by atoms with Gasteiger partial charge >= 0.3 is 0 Å². The molecule has 0 radical (unpaired) electrons. The molecule has 1 aliphatic heterocycles. The number of nitrogens with one attached hydrogen (secondary N) is 1. The van der Waals surface area contributed by atoms with Gasteiger partial charge in [-0.05, 0) is 75.2 Å². The first-order valence-corrected chi connectivity index (χ1v) is 12.5. The van der Waals surface area contributed by atoms with Gasteiger partial charge < -0.3 is 24.4 Å². The minimum atomic E-state index is -0.163. The van der Waals surface area contributed by atoms with Crippen LogP contribution in [-0.2, 0) is 0 Å². The maximum atomic E-state index is 13.3. The van der Waals surface area contributed by atoms with E-state index in [4.69, 9.17) is 19.3 Å². The van der Waals surface area contributed by atoms with E-state index < -0.39 is 0 Å². The Balaban J connectivity index is 1.57. The summed E-state index contributed by atoms with van der Waals surface area (Å²) in [5.41, 5.74) is 2.64. The highest BCUT2D eigenvalue weighted by Gasteiger charge is 2.21. The number of benzene rings is 2. The van der Waals surface area contributed by atoms with Gasteiger partial charge in [-0.25, -0.2) is 4.68 Å². The molecule has 2 heterocycles. The summed E-state index contributed by atoms with van der Waals surface area (Å²) in [6, 6.07) is 15.4. The SMILES string of the molecule is COc1ccc(-n2nc(-c3ccc(OC)cc3OC)cc2C(=O)NCCCN2CCCCC2C)cc1. The second kappa shape index (κ2) is 11.9. The largest absolute Gasteiger partial charge is 0.497 e. The van der Waals surface area contributed by atoms with Crippen molar-refractivity contribution in [3.05, 3.63) is 54.2 Å². The molecule has 8 nitrogen and oxygen atoms in total. The molecule has 8 heteroatoms. The maximum Gasteiger partial charge on any atom is 0.270 e. The highest BCUT2D eigenvalue weighted by Crippen LogP contribution is 2.33. The van der Waals surface area contributed by atoms with E-state index in [-0.39, 0.29) is 5.91 Å². The Kier molecular flexibility index (Phi) is 8.48. The van der Waals surface area contributed by atoms with Crippen LogP contribution in [0.3, 0.4) is 0 Å². The predicted octanol–water partition coefficient (Wildman–Crippen LogP) is 4.56. The maximum absolute atomic E-state index is 13.3. The monoisotopic (exact) mass is 492 g/mol. The van der Waals surface area contributed by atoms with Crippen LogP contribution in [-0.4, -0.2) is 67.6 Å². The molecule has 36 heavy (non-hydrogen) atoms. The predicted molar refractivity (Wildman–Crippen MR) is 140 cm³/mol. The Morgan fingerprint density at radius 2 is 1.75 bits per heavy atom. The lowest BCUT2D eigenvalue weighted by Crippen LogP contribution is -2.39. The van der Waals surface area contributed by atoms with Crippen LogP contribution in [0.2, 0.25) is 0 Å². The van der Waals surface area contributed by atoms with Crippen molar-refractivity contribution in [2.45, 2.75) is 38.6 Å². The molecule has 1 amide bonds. The molecule has 1 unspecified atom stereocenters. The van der Waals surface area contributed by atoms with Crippen LogP contribution in [0.5, 0.6) is 17.2 Å². The molecule has 192 valence electrons. The van der Waals surface area contributed by atoms with E-state index in [1.54, 1.807) is 32.1 Å². The number of aromatic nitrogens is 2. The summed E-state index contributed by atoms with van der Waals surface area (Å²) < 4.78 is 17.9. The minimum absolute atomic E-state index is 0.163. The van der Waals surface area contributed by atoms with Crippen LogP contribution < -0.4 is 19.5 Å². The lowest BCUT2D eigenvalue weighted by molar-refractivity contribution is 0.0941. The highest BCUT2D eigenvalue weighted by molar-refractivity contribution is 5.94. The van der Waals surface area contributed by atoms with Gasteiger partial charge in [-0.15, -0.1) is 0 Å². The molecule has 4 rings (SSSR count). The Labute approximate surface area is 213 Å². The zero-order valence-corrected chi connectivity index (χ0v) is 21.6. The molecule has 0 saturated carbocycles. The summed E-state index contributed by atoms with van der Waals surface area (Å²) in [6.07, 6.45) is 4.73. The van der Waals surface area contributed by atoms with Gasteiger partial charge in [-0.2, -0.15) is 5.10 Å². The van der Waals surface area contributed by atoms with Crippen molar-refractivity contribution in [2.75, 3.05) is 41.0 Å². The van der Waals surface area contributed by atoms with E-state index in [0.717, 1.165) is 36.5 Å². The molecule has 1 atom stereocenters. The third kappa shape index (κ3) is 5.82. The number of piperidine rings is 1. The molecule has 3 aromatic rings. The van der Waals surface area contributed by atoms with Crippen molar-refractivity contribution in [3.63, 3.8) is 0 Å². The number of carbonyl (C=O) groups is 1. The summed E-state index contributed by atoms with van der Waals surface area (Å²) in [4.78, 5) is 15.8. The average molecular weight is 493 g/mol. The van der Waals surface area contributed by atoms with E-state index in [1.165, 1.54) is 19.3 Å². The molecule has 1 aromatic heterocycles. The fourth-order valence-electron chi connectivity index (χ4n) is 4.67. The van der Waals surface area contributed by atoms with E-state index in [0.29, 0.717) is 35.5 Å². The van der Waals surface area contributed by atoms with Gasteiger partial charge in [0.1, 0.15) is 22.9 Å². The van der Waals surface area contributed by atoms with Crippen LogP contribution >= 0.6 is 0 Å². The van der Waals surface area contributed by atoms with Gasteiger partial charge in [-0.1, -0.05) is 6.42 Å². The molecule has 1 aliphatic rings. The van der Waals surface area contributed by atoms with Gasteiger partial charge in [-0.3, -0.25) is 4.79 Å². The molecule has 1 fully saturated rings. The number of rotatable bonds is 10. The Hall–Kier alpha value is -3.52. The number of amides is 1. The van der Waals surface area contributed by atoms with Crippen molar-refractivity contribution >= 4 is 5.91 Å². The molecular formula is C28H36N4O4. The van der Waals surface area contributed by atoms with Gasteiger partial charge in [0.15, 0.2) is 0 Å². The van der Waals surface area contributed by atoms with E-state index in [1.807, 2.05) is 42.5 Å². The van der Waals surface area contributed by atoms with Crippen LogP contribution in [0.1, 0.15) is 43.1 Å². The second-order valence-corrected chi connectivity index (χ2v) is 9.08. The van der Waals surface area contributed by atoms with Crippen molar-refractivity contribution < 1.29 is 19.0 Å². The number of hydrogen-bond donors (Lipinski definition) is 1. The molecular weight excluding hydrogens is 456 g/mol. The van der Waals surface area contributed by atoms with Crippen LogP contribution in [0, 0.1) is 0 Å². The minimum Gasteiger partial charge on any atom is -0.497 e.